The summed E-state index contributed by atoms with van der Waals surface area (Å²) in [6, 6.07) is 8.80. The maximum atomic E-state index is 5.44. The highest BCUT2D eigenvalue weighted by Crippen LogP contribution is 2.36. The molecular formula is C21H34N4OS. The van der Waals surface area contributed by atoms with E-state index in [-0.39, 0.29) is 0 Å². The van der Waals surface area contributed by atoms with Crippen LogP contribution < -0.4 is 15.4 Å². The summed E-state index contributed by atoms with van der Waals surface area (Å²) in [6.45, 7) is 6.48. The van der Waals surface area contributed by atoms with Crippen molar-refractivity contribution in [1.29, 1.82) is 0 Å². The molecule has 2 fully saturated rings. The Kier molecular flexibility index (Phi) is 7.30. The Bertz CT molecular complexity index is 624. The van der Waals surface area contributed by atoms with Crippen LogP contribution in [0.5, 0.6) is 5.75 Å². The number of nitrogens with one attached hydrogen (secondary N) is 2. The normalized spacial score (nSPS) is 24.8. The van der Waals surface area contributed by atoms with E-state index in [1.54, 1.807) is 7.11 Å². The monoisotopic (exact) mass is 390 g/mol. The van der Waals surface area contributed by atoms with E-state index in [9.17, 15) is 0 Å². The van der Waals surface area contributed by atoms with Crippen molar-refractivity contribution in [2.24, 2.45) is 4.99 Å². The lowest BCUT2D eigenvalue weighted by Gasteiger charge is -2.30. The molecule has 0 radical (unpaired) electrons. The van der Waals surface area contributed by atoms with Gasteiger partial charge in [-0.05, 0) is 69.1 Å². The molecule has 0 aliphatic carbocycles. The third-order valence-electron chi connectivity index (χ3n) is 5.68. The molecule has 2 aliphatic rings. The minimum absolute atomic E-state index is 0.331. The molecule has 2 atom stereocenters. The Balaban J connectivity index is 1.62. The van der Waals surface area contributed by atoms with Gasteiger partial charge in [0.25, 0.3) is 0 Å². The molecule has 150 valence electrons. The number of ether oxygens (including phenoxy) is 1. The van der Waals surface area contributed by atoms with Crippen LogP contribution in [0.1, 0.15) is 44.2 Å². The van der Waals surface area contributed by atoms with E-state index < -0.39 is 0 Å². The Morgan fingerprint density at radius 2 is 2.11 bits per heavy atom. The summed E-state index contributed by atoms with van der Waals surface area (Å²) in [7, 11) is 3.59. The number of hydrogen-bond donors (Lipinski definition) is 2. The molecule has 0 spiro atoms. The predicted octanol–water partition coefficient (Wildman–Crippen LogP) is 3.28. The maximum Gasteiger partial charge on any atom is 0.191 e. The minimum atomic E-state index is 0.331. The quantitative estimate of drug-likeness (QED) is 0.553. The Hall–Kier alpha value is -1.40. The molecule has 2 N–H and O–H groups in total. The summed E-state index contributed by atoms with van der Waals surface area (Å²) in [5.74, 6) is 3.10. The maximum absolute atomic E-state index is 5.44. The zero-order chi connectivity index (χ0) is 19.1. The topological polar surface area (TPSA) is 48.9 Å². The van der Waals surface area contributed by atoms with Crippen molar-refractivity contribution >= 4 is 17.7 Å². The van der Waals surface area contributed by atoms with Gasteiger partial charge in [-0.3, -0.25) is 9.89 Å². The van der Waals surface area contributed by atoms with Crippen LogP contribution in [0.3, 0.4) is 0 Å². The van der Waals surface area contributed by atoms with Crippen LogP contribution in [0, 0.1) is 0 Å². The van der Waals surface area contributed by atoms with Crippen LogP contribution in [0.25, 0.3) is 0 Å². The molecule has 2 heterocycles. The fraction of sp³-hybridized carbons (Fsp3) is 0.667. The highest BCUT2D eigenvalue weighted by molar-refractivity contribution is 8.00. The number of aliphatic imine (C=N–C) groups is 1. The van der Waals surface area contributed by atoms with Crippen LogP contribution in [-0.2, 0) is 0 Å². The molecule has 0 saturated carbocycles. The lowest BCUT2D eigenvalue weighted by atomic mass is 10.0. The molecule has 3 rings (SSSR count). The summed E-state index contributed by atoms with van der Waals surface area (Å²) in [4.78, 5) is 7.02. The van der Waals surface area contributed by atoms with Crippen molar-refractivity contribution in [2.75, 3.05) is 46.1 Å². The van der Waals surface area contributed by atoms with Gasteiger partial charge < -0.3 is 15.4 Å². The van der Waals surface area contributed by atoms with Crippen molar-refractivity contribution in [2.45, 2.75) is 43.4 Å². The zero-order valence-electron chi connectivity index (χ0n) is 17.0. The number of benzene rings is 1. The van der Waals surface area contributed by atoms with E-state index in [4.69, 9.17) is 4.74 Å². The van der Waals surface area contributed by atoms with Gasteiger partial charge >= 0.3 is 0 Å². The fourth-order valence-corrected chi connectivity index (χ4v) is 5.27. The second-order valence-corrected chi connectivity index (χ2v) is 9.43. The van der Waals surface area contributed by atoms with Crippen LogP contribution >= 0.6 is 11.8 Å². The van der Waals surface area contributed by atoms with E-state index in [1.165, 1.54) is 37.0 Å². The Labute approximate surface area is 168 Å². The number of thioether (sulfide) groups is 1. The first-order valence-corrected chi connectivity index (χ1v) is 11.1. The van der Waals surface area contributed by atoms with Gasteiger partial charge in [-0.1, -0.05) is 12.1 Å². The van der Waals surface area contributed by atoms with Crippen LogP contribution in [0.15, 0.2) is 29.3 Å². The number of methoxy groups -OCH3 is 1. The molecule has 5 nitrogen and oxygen atoms in total. The molecule has 0 bridgehead atoms. The van der Waals surface area contributed by atoms with E-state index in [0.29, 0.717) is 10.8 Å². The third kappa shape index (κ3) is 5.55. The summed E-state index contributed by atoms with van der Waals surface area (Å²) in [5, 5.41) is 7.12. The molecule has 0 amide bonds. The summed E-state index contributed by atoms with van der Waals surface area (Å²) in [6.07, 6.45) is 5.16. The second-order valence-electron chi connectivity index (χ2n) is 7.74. The molecule has 6 heteroatoms. The lowest BCUT2D eigenvalue weighted by molar-refractivity contribution is 0.245. The van der Waals surface area contributed by atoms with Crippen molar-refractivity contribution in [3.8, 4) is 5.75 Å². The van der Waals surface area contributed by atoms with E-state index in [1.807, 2.05) is 13.1 Å². The molecule has 1 aromatic rings. The zero-order valence-corrected chi connectivity index (χ0v) is 17.8. The molecule has 2 saturated heterocycles. The molecular weight excluding hydrogens is 356 g/mol. The smallest absolute Gasteiger partial charge is 0.191 e. The van der Waals surface area contributed by atoms with E-state index in [2.05, 4.69) is 57.4 Å². The number of hydrogen-bond acceptors (Lipinski definition) is 4. The first-order valence-electron chi connectivity index (χ1n) is 10.1. The molecule has 27 heavy (non-hydrogen) atoms. The minimum Gasteiger partial charge on any atom is -0.497 e. The first-order chi connectivity index (χ1) is 13.1. The average molecular weight is 391 g/mol. The van der Waals surface area contributed by atoms with Gasteiger partial charge in [0.05, 0.1) is 13.2 Å². The molecule has 2 unspecified atom stereocenters. The Morgan fingerprint density at radius 3 is 2.78 bits per heavy atom. The van der Waals surface area contributed by atoms with E-state index >= 15 is 0 Å². The summed E-state index contributed by atoms with van der Waals surface area (Å²) in [5.41, 5.74) is 1.30. The van der Waals surface area contributed by atoms with Crippen molar-refractivity contribution in [1.82, 2.24) is 15.5 Å². The number of nitrogens with zero attached hydrogens (tertiary/aromatic N) is 2. The van der Waals surface area contributed by atoms with Gasteiger partial charge in [-0.15, -0.1) is 0 Å². The summed E-state index contributed by atoms with van der Waals surface area (Å²) >= 11 is 2.08. The molecule has 2 aliphatic heterocycles. The van der Waals surface area contributed by atoms with Crippen LogP contribution in [0.2, 0.25) is 0 Å². The van der Waals surface area contributed by atoms with E-state index in [0.717, 1.165) is 37.9 Å². The molecule has 1 aromatic carbocycles. The van der Waals surface area contributed by atoms with Crippen LogP contribution in [0.4, 0.5) is 0 Å². The van der Waals surface area contributed by atoms with Gasteiger partial charge in [0.1, 0.15) is 5.75 Å². The van der Waals surface area contributed by atoms with Gasteiger partial charge in [0, 0.05) is 24.9 Å². The number of guanidine groups is 1. The number of rotatable bonds is 7. The van der Waals surface area contributed by atoms with Crippen molar-refractivity contribution < 1.29 is 4.74 Å². The van der Waals surface area contributed by atoms with Gasteiger partial charge in [0.2, 0.25) is 0 Å². The third-order valence-corrected chi connectivity index (χ3v) is 7.21. The van der Waals surface area contributed by atoms with Crippen molar-refractivity contribution in [3.63, 3.8) is 0 Å². The van der Waals surface area contributed by atoms with Gasteiger partial charge in [-0.2, -0.15) is 11.8 Å². The largest absolute Gasteiger partial charge is 0.497 e. The lowest BCUT2D eigenvalue weighted by Crippen LogP contribution is -2.46. The molecule has 0 aromatic heterocycles. The SMILES string of the molecule is CN=C(NCC(c1cccc(OC)c1)N1CCCC1)NCC1(C)CCCS1. The predicted molar refractivity (Wildman–Crippen MR) is 116 cm³/mol. The van der Waals surface area contributed by atoms with Crippen molar-refractivity contribution in [3.05, 3.63) is 29.8 Å². The number of likely N-dealkylation sites (tertiary alicyclic amines) is 1. The highest BCUT2D eigenvalue weighted by Gasteiger charge is 2.29. The second kappa shape index (κ2) is 9.69. The van der Waals surface area contributed by atoms with Gasteiger partial charge in [-0.25, -0.2) is 0 Å². The highest BCUT2D eigenvalue weighted by atomic mass is 32.2. The average Bonchev–Trinajstić information content (AvgIpc) is 3.37. The van der Waals surface area contributed by atoms with Gasteiger partial charge in [0.15, 0.2) is 5.96 Å². The summed E-state index contributed by atoms with van der Waals surface area (Å²) < 4.78 is 5.78. The Morgan fingerprint density at radius 1 is 1.30 bits per heavy atom. The standard InChI is InChI=1S/C21H34N4OS/c1-21(10-7-13-27-21)16-24-20(22-2)23-15-19(25-11-4-5-12-25)17-8-6-9-18(14-17)26-3/h6,8-9,14,19H,4-5,7,10-13,15-16H2,1-3H3,(H2,22,23,24). The van der Waals surface area contributed by atoms with Crippen LogP contribution in [-0.4, -0.2) is 61.7 Å². The fourth-order valence-electron chi connectivity index (χ4n) is 4.02. The first kappa shape index (κ1) is 20.3.